The normalized spacial score (nSPS) is 68.7. The monoisotopic (exact) mass is 280 g/mol. The summed E-state index contributed by atoms with van der Waals surface area (Å²) in [5.41, 5.74) is 14.3. The van der Waals surface area contributed by atoms with Gasteiger partial charge in [0, 0.05) is 5.41 Å². The molecule has 5 saturated carbocycles. The van der Waals surface area contributed by atoms with Crippen molar-refractivity contribution in [3.05, 3.63) is 57.2 Å². The van der Waals surface area contributed by atoms with E-state index in [9.17, 15) is 0 Å². The molecule has 10 aliphatic carbocycles. The molecule has 10 rings (SSSR count). The van der Waals surface area contributed by atoms with Gasteiger partial charge in [-0.3, -0.25) is 0 Å². The highest BCUT2D eigenvalue weighted by atomic mass is 15.0. The predicted molar refractivity (Wildman–Crippen MR) is 81.4 cm³/mol. The molecule has 22 heavy (non-hydrogen) atoms. The maximum atomic E-state index is 2.73. The molecular weight excluding hydrogens is 264 g/mol. The molecule has 0 aromatic rings. The highest BCUT2D eigenvalue weighted by Crippen LogP contribution is 3.02. The fourth-order valence-electron chi connectivity index (χ4n) is 11.1. The molecule has 0 amide bonds. The van der Waals surface area contributed by atoms with Gasteiger partial charge in [0.2, 0.25) is 0 Å². The summed E-state index contributed by atoms with van der Waals surface area (Å²) < 4.78 is 0. The van der Waals surface area contributed by atoms with Gasteiger partial charge < -0.3 is 0 Å². The molecule has 9 atom stereocenters. The fraction of sp³-hybridized carbons (Fsp3) is 0.545. The Balaban J connectivity index is 1.59. The van der Waals surface area contributed by atoms with Crippen molar-refractivity contribution >= 4 is 0 Å². The van der Waals surface area contributed by atoms with E-state index in [-0.39, 0.29) is 0 Å². The number of rotatable bonds is 0. The lowest BCUT2D eigenvalue weighted by atomic mass is 9.06. The second-order valence-electron chi connectivity index (χ2n) is 9.97. The third-order valence-corrected chi connectivity index (χ3v) is 10.8. The van der Waals surface area contributed by atoms with Crippen molar-refractivity contribution in [3.63, 3.8) is 0 Å². The maximum Gasteiger partial charge on any atom is 0.0161 e. The van der Waals surface area contributed by atoms with Crippen LogP contribution in [0.1, 0.15) is 19.3 Å². The summed E-state index contributed by atoms with van der Waals surface area (Å²) in [5, 5.41) is 0. The van der Waals surface area contributed by atoms with Gasteiger partial charge in [-0.1, -0.05) is 17.7 Å². The molecular formula is C22H16. The third-order valence-electron chi connectivity index (χ3n) is 10.8. The molecule has 0 saturated heterocycles. The molecule has 9 unspecified atom stereocenters. The van der Waals surface area contributed by atoms with Crippen LogP contribution in [-0.2, 0) is 0 Å². The van der Waals surface area contributed by atoms with Gasteiger partial charge in [0.25, 0.3) is 0 Å². The molecule has 0 radical (unpaired) electrons. The zero-order valence-corrected chi connectivity index (χ0v) is 12.4. The van der Waals surface area contributed by atoms with Crippen LogP contribution in [0.25, 0.3) is 0 Å². The van der Waals surface area contributed by atoms with Crippen molar-refractivity contribution in [2.45, 2.75) is 19.3 Å². The van der Waals surface area contributed by atoms with Crippen molar-refractivity contribution in [2.24, 2.45) is 52.3 Å². The van der Waals surface area contributed by atoms with E-state index in [1.807, 2.05) is 27.9 Å². The zero-order chi connectivity index (χ0) is 13.3. The lowest BCUT2D eigenvalue weighted by molar-refractivity contribution is -0.442. The summed E-state index contributed by atoms with van der Waals surface area (Å²) >= 11 is 0. The molecule has 10 aliphatic rings. The number of hydrogen-bond acceptors (Lipinski definition) is 0. The highest BCUT2D eigenvalue weighted by molar-refractivity contribution is 5.82. The van der Waals surface area contributed by atoms with Gasteiger partial charge >= 0.3 is 0 Å². The second-order valence-corrected chi connectivity index (χ2v) is 9.97. The molecule has 0 nitrogen and oxygen atoms in total. The molecule has 0 heterocycles. The highest BCUT2D eigenvalue weighted by Gasteiger charge is 2.97. The Morgan fingerprint density at radius 1 is 0.955 bits per heavy atom. The molecule has 0 aromatic heterocycles. The Morgan fingerprint density at radius 3 is 2.91 bits per heavy atom. The van der Waals surface area contributed by atoms with Gasteiger partial charge in [-0.05, 0) is 106 Å². The largest absolute Gasteiger partial charge is 0.0763 e. The van der Waals surface area contributed by atoms with Gasteiger partial charge in [-0.25, -0.2) is 0 Å². The van der Waals surface area contributed by atoms with Crippen LogP contribution in [-0.4, -0.2) is 0 Å². The molecule has 5 fully saturated rings. The van der Waals surface area contributed by atoms with E-state index in [2.05, 4.69) is 18.2 Å². The molecule has 0 heteroatoms. The van der Waals surface area contributed by atoms with Gasteiger partial charge in [0.05, 0.1) is 0 Å². The predicted octanol–water partition coefficient (Wildman–Crippen LogP) is 3.95. The molecule has 2 spiro atoms. The zero-order valence-electron chi connectivity index (χ0n) is 12.4. The first-order valence-electron chi connectivity index (χ1n) is 9.52. The minimum Gasteiger partial charge on any atom is -0.0763 e. The summed E-state index contributed by atoms with van der Waals surface area (Å²) in [6.07, 6.45) is 12.6. The topological polar surface area (TPSA) is 0 Å². The first-order chi connectivity index (χ1) is 10.9. The summed E-state index contributed by atoms with van der Waals surface area (Å²) in [6, 6.07) is 0. The SMILES string of the molecule is C1=C2C3=CCC4=C2C=C2C5=C1C16C3C3CC7C5C2CC(C41)C736. The van der Waals surface area contributed by atoms with Crippen LogP contribution >= 0.6 is 0 Å². The molecule has 0 aromatic carbocycles. The van der Waals surface area contributed by atoms with Crippen LogP contribution in [0.3, 0.4) is 0 Å². The van der Waals surface area contributed by atoms with Crippen molar-refractivity contribution in [1.29, 1.82) is 0 Å². The van der Waals surface area contributed by atoms with Gasteiger partial charge in [0.1, 0.15) is 0 Å². The van der Waals surface area contributed by atoms with Crippen molar-refractivity contribution in [1.82, 2.24) is 0 Å². The Labute approximate surface area is 129 Å². The Morgan fingerprint density at radius 2 is 1.91 bits per heavy atom. The second kappa shape index (κ2) is 2.00. The summed E-state index contributed by atoms with van der Waals surface area (Å²) in [6.45, 7) is 0. The summed E-state index contributed by atoms with van der Waals surface area (Å²) in [7, 11) is 0. The maximum absolute atomic E-state index is 2.73. The van der Waals surface area contributed by atoms with Crippen LogP contribution in [0, 0.1) is 52.3 Å². The van der Waals surface area contributed by atoms with Crippen LogP contribution < -0.4 is 0 Å². The van der Waals surface area contributed by atoms with Crippen LogP contribution in [0.5, 0.6) is 0 Å². The van der Waals surface area contributed by atoms with E-state index in [0.29, 0.717) is 5.41 Å². The Bertz CT molecular complexity index is 1010. The van der Waals surface area contributed by atoms with Gasteiger partial charge in [-0.2, -0.15) is 0 Å². The van der Waals surface area contributed by atoms with Crippen molar-refractivity contribution in [2.75, 3.05) is 0 Å². The van der Waals surface area contributed by atoms with Crippen molar-refractivity contribution < 1.29 is 0 Å². The Hall–Kier alpha value is -1.30. The lowest BCUT2D eigenvalue weighted by Gasteiger charge is -2.97. The van der Waals surface area contributed by atoms with E-state index < -0.39 is 0 Å². The van der Waals surface area contributed by atoms with E-state index in [0.717, 1.165) is 46.8 Å². The first kappa shape index (κ1) is 9.11. The molecule has 0 N–H and O–H groups in total. The van der Waals surface area contributed by atoms with E-state index in [1.54, 1.807) is 24.0 Å². The van der Waals surface area contributed by atoms with E-state index in [1.165, 1.54) is 6.42 Å². The Kier molecular flexibility index (Phi) is 0.828. The smallest absolute Gasteiger partial charge is 0.0161 e. The van der Waals surface area contributed by atoms with Crippen LogP contribution in [0.2, 0.25) is 0 Å². The van der Waals surface area contributed by atoms with E-state index >= 15 is 0 Å². The fourth-order valence-corrected chi connectivity index (χ4v) is 11.1. The minimum atomic E-state index is 0.644. The molecule has 7 bridgehead atoms. The lowest BCUT2D eigenvalue weighted by Crippen LogP contribution is -2.93. The average molecular weight is 280 g/mol. The number of hydrogen-bond donors (Lipinski definition) is 0. The van der Waals surface area contributed by atoms with Gasteiger partial charge in [-0.15, -0.1) is 0 Å². The quantitative estimate of drug-likeness (QED) is 0.630. The van der Waals surface area contributed by atoms with E-state index in [4.69, 9.17) is 0 Å². The standard InChI is InChI=1S/C22H16/c1-2-8-10-4-13-17-11-3-9(10)7(1)19-15-5-12(11)18(17)14-6-16-20(8)22(13,19)21(14,15)16/h2-4,12,14-16,18-20H,1,5-6H2. The average Bonchev–Trinajstić information content (AvgIpc) is 2.70. The summed E-state index contributed by atoms with van der Waals surface area (Å²) in [4.78, 5) is 0. The van der Waals surface area contributed by atoms with Crippen LogP contribution in [0.4, 0.5) is 0 Å². The first-order valence-corrected chi connectivity index (χ1v) is 9.52. The van der Waals surface area contributed by atoms with Crippen LogP contribution in [0.15, 0.2) is 57.2 Å². The van der Waals surface area contributed by atoms with Crippen molar-refractivity contribution in [3.8, 4) is 0 Å². The third kappa shape index (κ3) is 0.430. The number of fused-ring (bicyclic) bond motifs is 3. The molecule has 104 valence electrons. The number of allylic oxidation sites excluding steroid dienone is 10. The van der Waals surface area contributed by atoms with Gasteiger partial charge in [0.15, 0.2) is 0 Å². The minimum absolute atomic E-state index is 0.644. The molecule has 0 aliphatic heterocycles. The summed E-state index contributed by atoms with van der Waals surface area (Å²) in [5.74, 6) is 7.18.